The number of rotatable bonds is 3. The zero-order valence-electron chi connectivity index (χ0n) is 11.2. The quantitative estimate of drug-likeness (QED) is 0.862. The Balaban J connectivity index is 2.16. The number of piperidine rings is 1. The normalized spacial score (nSPS) is 23.4. The lowest BCUT2D eigenvalue weighted by molar-refractivity contribution is -0.144. The van der Waals surface area contributed by atoms with Gasteiger partial charge in [-0.15, -0.1) is 0 Å². The van der Waals surface area contributed by atoms with Gasteiger partial charge in [0.1, 0.15) is 5.69 Å². The lowest BCUT2D eigenvalue weighted by Gasteiger charge is -2.37. The number of amides is 1. The van der Waals surface area contributed by atoms with Crippen molar-refractivity contribution in [2.75, 3.05) is 6.54 Å². The molecule has 104 valence electrons. The minimum atomic E-state index is -0.832. The van der Waals surface area contributed by atoms with Crippen molar-refractivity contribution in [2.45, 2.75) is 39.2 Å². The highest BCUT2D eigenvalue weighted by atomic mass is 16.4. The van der Waals surface area contributed by atoms with E-state index in [1.807, 2.05) is 6.92 Å². The smallest absolute Gasteiger partial charge is 0.308 e. The van der Waals surface area contributed by atoms with Gasteiger partial charge in [-0.2, -0.15) is 5.10 Å². The standard InChI is InChI=1S/C13H19N3O3/c1-3-9-7-11(15-14-9)12(17)16-6-4-5-10(8(16)2)13(18)19/h7-8,10H,3-6H2,1-2H3,(H,14,15)(H,18,19)/t8-,10-/m0/s1. The molecule has 0 saturated carbocycles. The van der Waals surface area contributed by atoms with Crippen LogP contribution in [-0.2, 0) is 11.2 Å². The molecule has 19 heavy (non-hydrogen) atoms. The van der Waals surface area contributed by atoms with Crippen LogP contribution in [0.3, 0.4) is 0 Å². The number of hydrogen-bond donors (Lipinski definition) is 2. The van der Waals surface area contributed by atoms with Crippen molar-refractivity contribution < 1.29 is 14.7 Å². The molecule has 1 aromatic rings. The monoisotopic (exact) mass is 265 g/mol. The van der Waals surface area contributed by atoms with Gasteiger partial charge in [0.15, 0.2) is 0 Å². The van der Waals surface area contributed by atoms with Gasteiger partial charge in [0.2, 0.25) is 0 Å². The van der Waals surface area contributed by atoms with E-state index < -0.39 is 11.9 Å². The summed E-state index contributed by atoms with van der Waals surface area (Å²) in [4.78, 5) is 25.1. The summed E-state index contributed by atoms with van der Waals surface area (Å²) >= 11 is 0. The summed E-state index contributed by atoms with van der Waals surface area (Å²) < 4.78 is 0. The molecule has 2 rings (SSSR count). The van der Waals surface area contributed by atoms with Crippen molar-refractivity contribution in [3.63, 3.8) is 0 Å². The van der Waals surface area contributed by atoms with Crippen molar-refractivity contribution in [3.8, 4) is 0 Å². The minimum absolute atomic E-state index is 0.186. The van der Waals surface area contributed by atoms with Gasteiger partial charge in [-0.05, 0) is 32.3 Å². The lowest BCUT2D eigenvalue weighted by atomic mass is 9.90. The van der Waals surface area contributed by atoms with E-state index in [1.165, 1.54) is 0 Å². The first-order valence-corrected chi connectivity index (χ1v) is 6.62. The molecule has 2 heterocycles. The number of carboxylic acid groups (broad SMARTS) is 1. The number of H-pyrrole nitrogens is 1. The molecule has 1 fully saturated rings. The molecule has 6 heteroatoms. The summed E-state index contributed by atoms with van der Waals surface area (Å²) in [6.07, 6.45) is 2.13. The van der Waals surface area contributed by atoms with Crippen LogP contribution in [0.2, 0.25) is 0 Å². The fourth-order valence-electron chi connectivity index (χ4n) is 2.56. The number of aromatic amines is 1. The number of aryl methyl sites for hydroxylation is 1. The molecular formula is C13H19N3O3. The van der Waals surface area contributed by atoms with Crippen LogP contribution in [0, 0.1) is 5.92 Å². The number of hydrogen-bond acceptors (Lipinski definition) is 3. The maximum atomic E-state index is 12.4. The number of carboxylic acids is 1. The fraction of sp³-hybridized carbons (Fsp3) is 0.615. The Bertz CT molecular complexity index is 483. The van der Waals surface area contributed by atoms with Crippen molar-refractivity contribution in [1.82, 2.24) is 15.1 Å². The van der Waals surface area contributed by atoms with E-state index >= 15 is 0 Å². The zero-order valence-corrected chi connectivity index (χ0v) is 11.2. The third kappa shape index (κ3) is 2.62. The molecule has 2 N–H and O–H groups in total. The average Bonchev–Trinajstić information content (AvgIpc) is 2.86. The molecule has 2 atom stereocenters. The van der Waals surface area contributed by atoms with E-state index in [2.05, 4.69) is 10.2 Å². The number of carbonyl (C=O) groups is 2. The van der Waals surface area contributed by atoms with E-state index in [-0.39, 0.29) is 11.9 Å². The van der Waals surface area contributed by atoms with E-state index in [4.69, 9.17) is 5.11 Å². The van der Waals surface area contributed by atoms with Crippen molar-refractivity contribution in [2.24, 2.45) is 5.92 Å². The molecule has 0 aromatic carbocycles. The van der Waals surface area contributed by atoms with Gasteiger partial charge < -0.3 is 10.0 Å². The first-order valence-electron chi connectivity index (χ1n) is 6.62. The molecule has 0 radical (unpaired) electrons. The Hall–Kier alpha value is -1.85. The second-order valence-electron chi connectivity index (χ2n) is 4.96. The third-order valence-electron chi connectivity index (χ3n) is 3.80. The number of nitrogens with zero attached hydrogens (tertiary/aromatic N) is 2. The summed E-state index contributed by atoms with van der Waals surface area (Å²) in [6, 6.07) is 1.44. The highest BCUT2D eigenvalue weighted by molar-refractivity contribution is 5.93. The molecule has 1 amide bonds. The van der Waals surface area contributed by atoms with Crippen molar-refractivity contribution in [3.05, 3.63) is 17.5 Å². The van der Waals surface area contributed by atoms with E-state index in [9.17, 15) is 9.59 Å². The number of carbonyl (C=O) groups excluding carboxylic acids is 1. The first kappa shape index (κ1) is 13.6. The fourth-order valence-corrected chi connectivity index (χ4v) is 2.56. The lowest BCUT2D eigenvalue weighted by Crippen LogP contribution is -2.49. The molecule has 0 aliphatic carbocycles. The molecule has 1 aliphatic heterocycles. The molecule has 1 saturated heterocycles. The Morgan fingerprint density at radius 2 is 2.32 bits per heavy atom. The molecule has 0 spiro atoms. The van der Waals surface area contributed by atoms with Crippen LogP contribution < -0.4 is 0 Å². The number of nitrogens with one attached hydrogen (secondary N) is 1. The molecule has 1 aromatic heterocycles. The van der Waals surface area contributed by atoms with E-state index in [1.54, 1.807) is 17.9 Å². The SMILES string of the molecule is CCc1cc(C(=O)N2CCC[C@H](C(=O)O)[C@@H]2C)n[nH]1. The summed E-state index contributed by atoms with van der Waals surface area (Å²) in [5.41, 5.74) is 1.28. The van der Waals surface area contributed by atoms with Crippen LogP contribution in [0.5, 0.6) is 0 Å². The van der Waals surface area contributed by atoms with Gasteiger partial charge in [0.25, 0.3) is 5.91 Å². The highest BCUT2D eigenvalue weighted by Gasteiger charge is 2.36. The predicted molar refractivity (Wildman–Crippen MR) is 68.8 cm³/mol. The molecule has 0 unspecified atom stereocenters. The maximum absolute atomic E-state index is 12.4. The van der Waals surface area contributed by atoms with Gasteiger partial charge in [0, 0.05) is 18.3 Å². The van der Waals surface area contributed by atoms with Gasteiger partial charge >= 0.3 is 5.97 Å². The minimum Gasteiger partial charge on any atom is -0.481 e. The average molecular weight is 265 g/mol. The predicted octanol–water partition coefficient (Wildman–Crippen LogP) is 1.30. The van der Waals surface area contributed by atoms with Crippen LogP contribution in [0.1, 0.15) is 42.9 Å². The largest absolute Gasteiger partial charge is 0.481 e. The molecular weight excluding hydrogens is 246 g/mol. The number of aromatic nitrogens is 2. The maximum Gasteiger partial charge on any atom is 0.308 e. The van der Waals surface area contributed by atoms with Gasteiger partial charge in [0.05, 0.1) is 5.92 Å². The van der Waals surface area contributed by atoms with Gasteiger partial charge in [-0.3, -0.25) is 14.7 Å². The topological polar surface area (TPSA) is 86.3 Å². The number of aliphatic carboxylic acids is 1. The summed E-state index contributed by atoms with van der Waals surface area (Å²) in [6.45, 7) is 4.37. The van der Waals surface area contributed by atoms with E-state index in [0.717, 1.165) is 18.5 Å². The van der Waals surface area contributed by atoms with Crippen LogP contribution in [0.25, 0.3) is 0 Å². The van der Waals surface area contributed by atoms with Crippen LogP contribution in [0.15, 0.2) is 6.07 Å². The van der Waals surface area contributed by atoms with Crippen LogP contribution in [0.4, 0.5) is 0 Å². The first-order chi connectivity index (χ1) is 9.04. The number of likely N-dealkylation sites (tertiary alicyclic amines) is 1. The zero-order chi connectivity index (χ0) is 14.0. The Morgan fingerprint density at radius 3 is 2.89 bits per heavy atom. The van der Waals surface area contributed by atoms with Crippen molar-refractivity contribution in [1.29, 1.82) is 0 Å². The van der Waals surface area contributed by atoms with Crippen LogP contribution in [-0.4, -0.2) is 44.7 Å². The summed E-state index contributed by atoms with van der Waals surface area (Å²) in [5, 5.41) is 16.0. The van der Waals surface area contributed by atoms with Crippen molar-refractivity contribution >= 4 is 11.9 Å². The Kier molecular flexibility index (Phi) is 3.87. The van der Waals surface area contributed by atoms with Gasteiger partial charge in [-0.1, -0.05) is 6.92 Å². The second kappa shape index (κ2) is 5.42. The highest BCUT2D eigenvalue weighted by Crippen LogP contribution is 2.25. The second-order valence-corrected chi connectivity index (χ2v) is 4.96. The summed E-state index contributed by atoms with van der Waals surface area (Å²) in [5.74, 6) is -1.50. The Morgan fingerprint density at radius 1 is 1.58 bits per heavy atom. The molecule has 0 bridgehead atoms. The Labute approximate surface area is 111 Å². The molecule has 1 aliphatic rings. The summed E-state index contributed by atoms with van der Waals surface area (Å²) in [7, 11) is 0. The van der Waals surface area contributed by atoms with E-state index in [0.29, 0.717) is 18.7 Å². The third-order valence-corrected chi connectivity index (χ3v) is 3.80. The van der Waals surface area contributed by atoms with Crippen LogP contribution >= 0.6 is 0 Å². The molecule has 6 nitrogen and oxygen atoms in total. The van der Waals surface area contributed by atoms with Gasteiger partial charge in [-0.25, -0.2) is 0 Å².